The highest BCUT2D eigenvalue weighted by Gasteiger charge is 2.35. The van der Waals surface area contributed by atoms with Crippen LogP contribution in [0.3, 0.4) is 0 Å². The Hall–Kier alpha value is -2.75. The highest BCUT2D eigenvalue weighted by atomic mass is 16.5. The summed E-state index contributed by atoms with van der Waals surface area (Å²) in [6.07, 6.45) is -0.347. The molecule has 25 heavy (non-hydrogen) atoms. The molecule has 3 atom stereocenters. The molecule has 1 aliphatic heterocycles. The van der Waals surface area contributed by atoms with Gasteiger partial charge in [-0.25, -0.2) is 9.55 Å². The van der Waals surface area contributed by atoms with Crippen LogP contribution >= 0.6 is 0 Å². The van der Waals surface area contributed by atoms with Crippen LogP contribution in [0.15, 0.2) is 41.5 Å². The van der Waals surface area contributed by atoms with Gasteiger partial charge in [0.2, 0.25) is 5.95 Å². The van der Waals surface area contributed by atoms with Crippen molar-refractivity contribution in [2.75, 3.05) is 12.3 Å². The number of aromatic nitrogens is 4. The molecule has 3 aromatic rings. The van der Waals surface area contributed by atoms with Gasteiger partial charge in [0.15, 0.2) is 11.2 Å². The SMILES string of the molecule is Nc1nc2c(ncn2[C@H]2C[C@H](O)[C@@H](CO)O2)c(=O)n1-c1ccccc1. The molecule has 3 heterocycles. The summed E-state index contributed by atoms with van der Waals surface area (Å²) in [6.45, 7) is -0.291. The molecule has 4 rings (SSSR count). The average Bonchev–Trinajstić information content (AvgIpc) is 3.19. The van der Waals surface area contributed by atoms with Crippen LogP contribution in [-0.2, 0) is 4.74 Å². The first-order chi connectivity index (χ1) is 12.1. The van der Waals surface area contributed by atoms with Crippen LogP contribution < -0.4 is 11.3 Å². The predicted molar refractivity (Wildman–Crippen MR) is 89.2 cm³/mol. The van der Waals surface area contributed by atoms with E-state index in [1.54, 1.807) is 28.8 Å². The van der Waals surface area contributed by atoms with Crippen molar-refractivity contribution >= 4 is 17.1 Å². The Labute approximate surface area is 141 Å². The maximum atomic E-state index is 12.8. The predicted octanol–water partition coefficient (Wildman–Crippen LogP) is -0.195. The highest BCUT2D eigenvalue weighted by Crippen LogP contribution is 2.30. The van der Waals surface area contributed by atoms with E-state index in [1.807, 2.05) is 6.07 Å². The molecule has 1 saturated heterocycles. The molecule has 9 heteroatoms. The van der Waals surface area contributed by atoms with Crippen LogP contribution in [0.2, 0.25) is 0 Å². The number of ether oxygens (including phenoxy) is 1. The Kier molecular flexibility index (Phi) is 3.75. The number of fused-ring (bicyclic) bond motifs is 1. The molecule has 0 bridgehead atoms. The van der Waals surface area contributed by atoms with E-state index in [2.05, 4.69) is 9.97 Å². The quantitative estimate of drug-likeness (QED) is 0.601. The minimum Gasteiger partial charge on any atom is -0.394 e. The van der Waals surface area contributed by atoms with Crippen molar-refractivity contribution in [2.45, 2.75) is 24.9 Å². The topological polar surface area (TPSA) is 128 Å². The summed E-state index contributed by atoms with van der Waals surface area (Å²) in [6, 6.07) is 8.94. The lowest BCUT2D eigenvalue weighted by Gasteiger charge is -2.14. The second-order valence-electron chi connectivity index (χ2n) is 5.88. The van der Waals surface area contributed by atoms with E-state index < -0.39 is 18.4 Å². The largest absolute Gasteiger partial charge is 0.394 e. The van der Waals surface area contributed by atoms with Crippen LogP contribution in [0.4, 0.5) is 5.95 Å². The molecule has 1 fully saturated rings. The number of para-hydroxylation sites is 1. The zero-order chi connectivity index (χ0) is 17.6. The minimum absolute atomic E-state index is 0.0303. The molecule has 0 unspecified atom stereocenters. The molecular weight excluding hydrogens is 326 g/mol. The van der Waals surface area contributed by atoms with Crippen molar-refractivity contribution in [3.8, 4) is 5.69 Å². The normalized spacial score (nSPS) is 23.4. The first kappa shape index (κ1) is 15.8. The fraction of sp³-hybridized carbons (Fsp3) is 0.312. The van der Waals surface area contributed by atoms with Crippen molar-refractivity contribution in [1.82, 2.24) is 19.1 Å². The van der Waals surface area contributed by atoms with Gasteiger partial charge in [-0.2, -0.15) is 4.98 Å². The van der Waals surface area contributed by atoms with Crippen LogP contribution in [0.5, 0.6) is 0 Å². The summed E-state index contributed by atoms with van der Waals surface area (Å²) in [7, 11) is 0. The fourth-order valence-corrected chi connectivity index (χ4v) is 3.07. The number of nitrogens with two attached hydrogens (primary N) is 1. The second-order valence-corrected chi connectivity index (χ2v) is 5.88. The van der Waals surface area contributed by atoms with Gasteiger partial charge in [0, 0.05) is 6.42 Å². The number of rotatable bonds is 3. The number of aliphatic hydroxyl groups is 2. The number of nitrogen functional groups attached to an aromatic ring is 1. The Bertz CT molecular complexity index is 968. The van der Waals surface area contributed by atoms with E-state index in [-0.39, 0.29) is 35.7 Å². The summed E-state index contributed by atoms with van der Waals surface area (Å²) in [5.74, 6) is 0.0303. The summed E-state index contributed by atoms with van der Waals surface area (Å²) in [4.78, 5) is 21.3. The van der Waals surface area contributed by atoms with Gasteiger partial charge in [-0.15, -0.1) is 0 Å². The first-order valence-corrected chi connectivity index (χ1v) is 7.85. The first-order valence-electron chi connectivity index (χ1n) is 7.85. The monoisotopic (exact) mass is 343 g/mol. The second kappa shape index (κ2) is 5.96. The Morgan fingerprint density at radius 3 is 2.76 bits per heavy atom. The molecule has 130 valence electrons. The van der Waals surface area contributed by atoms with Gasteiger partial charge in [-0.1, -0.05) is 18.2 Å². The highest BCUT2D eigenvalue weighted by molar-refractivity contribution is 5.72. The van der Waals surface area contributed by atoms with Gasteiger partial charge in [0.25, 0.3) is 5.56 Å². The maximum absolute atomic E-state index is 12.8. The number of hydrogen-bond donors (Lipinski definition) is 3. The number of hydrogen-bond acceptors (Lipinski definition) is 7. The molecule has 0 spiro atoms. The van der Waals surface area contributed by atoms with Crippen molar-refractivity contribution in [3.63, 3.8) is 0 Å². The van der Waals surface area contributed by atoms with Gasteiger partial charge >= 0.3 is 0 Å². The molecule has 2 aromatic heterocycles. The zero-order valence-electron chi connectivity index (χ0n) is 13.2. The minimum atomic E-state index is -0.797. The molecule has 1 aliphatic rings. The van der Waals surface area contributed by atoms with Crippen LogP contribution in [0.25, 0.3) is 16.9 Å². The van der Waals surface area contributed by atoms with E-state index >= 15 is 0 Å². The van der Waals surface area contributed by atoms with Gasteiger partial charge in [-0.3, -0.25) is 9.36 Å². The van der Waals surface area contributed by atoms with Crippen LogP contribution in [0, 0.1) is 0 Å². The summed E-state index contributed by atoms with van der Waals surface area (Å²) in [5.41, 5.74) is 6.66. The summed E-state index contributed by atoms with van der Waals surface area (Å²) < 4.78 is 8.45. The number of imidazole rings is 1. The standard InChI is InChI=1S/C16H17N5O4/c17-16-19-14-13(15(24)21(16)9-4-2-1-3-5-9)18-8-20(14)12-6-10(23)11(7-22)25-12/h1-5,8,10-12,22-23H,6-7H2,(H2,17,19)/t10-,11+,12+/m0/s1. The third kappa shape index (κ3) is 2.49. The molecule has 9 nitrogen and oxygen atoms in total. The summed E-state index contributed by atoms with van der Waals surface area (Å²) in [5, 5.41) is 19.1. The molecule has 4 N–H and O–H groups in total. The molecular formula is C16H17N5O4. The molecule has 1 aromatic carbocycles. The maximum Gasteiger partial charge on any atom is 0.287 e. The number of nitrogens with zero attached hydrogens (tertiary/aromatic N) is 4. The van der Waals surface area contributed by atoms with E-state index in [9.17, 15) is 15.0 Å². The zero-order valence-corrected chi connectivity index (χ0v) is 13.2. The van der Waals surface area contributed by atoms with Gasteiger partial charge in [0.05, 0.1) is 24.7 Å². The van der Waals surface area contributed by atoms with Crippen molar-refractivity contribution in [1.29, 1.82) is 0 Å². The average molecular weight is 343 g/mol. The summed E-state index contributed by atoms with van der Waals surface area (Å²) >= 11 is 0. The smallest absolute Gasteiger partial charge is 0.287 e. The van der Waals surface area contributed by atoms with Crippen molar-refractivity contribution < 1.29 is 14.9 Å². The van der Waals surface area contributed by atoms with Gasteiger partial charge < -0.3 is 20.7 Å². The molecule has 0 aliphatic carbocycles. The molecule has 0 radical (unpaired) electrons. The lowest BCUT2D eigenvalue weighted by Crippen LogP contribution is -2.24. The molecule has 0 saturated carbocycles. The lowest BCUT2D eigenvalue weighted by molar-refractivity contribution is -0.0432. The Morgan fingerprint density at radius 1 is 1.32 bits per heavy atom. The van der Waals surface area contributed by atoms with Crippen LogP contribution in [0.1, 0.15) is 12.6 Å². The van der Waals surface area contributed by atoms with Gasteiger partial charge in [0.1, 0.15) is 12.3 Å². The number of anilines is 1. The van der Waals surface area contributed by atoms with E-state index in [0.717, 1.165) is 0 Å². The lowest BCUT2D eigenvalue weighted by atomic mass is 10.2. The van der Waals surface area contributed by atoms with Crippen molar-refractivity contribution in [2.24, 2.45) is 0 Å². The number of benzene rings is 1. The van der Waals surface area contributed by atoms with E-state index in [1.165, 1.54) is 10.9 Å². The third-order valence-corrected chi connectivity index (χ3v) is 4.33. The third-order valence-electron chi connectivity index (χ3n) is 4.33. The van der Waals surface area contributed by atoms with E-state index in [4.69, 9.17) is 10.5 Å². The van der Waals surface area contributed by atoms with E-state index in [0.29, 0.717) is 5.69 Å². The van der Waals surface area contributed by atoms with Crippen LogP contribution in [-0.4, -0.2) is 48.1 Å². The Morgan fingerprint density at radius 2 is 2.08 bits per heavy atom. The fourth-order valence-electron chi connectivity index (χ4n) is 3.07. The molecule has 0 amide bonds. The number of aliphatic hydroxyl groups excluding tert-OH is 2. The van der Waals surface area contributed by atoms with Gasteiger partial charge in [-0.05, 0) is 12.1 Å². The van der Waals surface area contributed by atoms with Crippen molar-refractivity contribution in [3.05, 3.63) is 47.0 Å². The Balaban J connectivity index is 1.83.